The number of rotatable bonds is 6. The van der Waals surface area contributed by atoms with Gasteiger partial charge in [-0.05, 0) is 38.9 Å². The van der Waals surface area contributed by atoms with Crippen LogP contribution in [0.2, 0.25) is 0 Å². The summed E-state index contributed by atoms with van der Waals surface area (Å²) in [7, 11) is -1.53. The first-order chi connectivity index (χ1) is 8.47. The van der Waals surface area contributed by atoms with Gasteiger partial charge >= 0.3 is 0 Å². The predicted molar refractivity (Wildman–Crippen MR) is 75.0 cm³/mol. The smallest absolute Gasteiger partial charge is 0.218 e. The molecule has 1 rings (SSSR count). The van der Waals surface area contributed by atoms with E-state index in [0.717, 1.165) is 32.5 Å². The first-order valence-corrected chi connectivity index (χ1v) is 8.36. The molecular formula is C12H27N3O2S. The highest BCUT2D eigenvalue weighted by molar-refractivity contribution is 7.89. The van der Waals surface area contributed by atoms with Gasteiger partial charge in [-0.1, -0.05) is 13.8 Å². The monoisotopic (exact) mass is 277 g/mol. The van der Waals surface area contributed by atoms with Crippen LogP contribution in [0, 0.1) is 0 Å². The minimum absolute atomic E-state index is 0.137. The summed E-state index contributed by atoms with van der Waals surface area (Å²) in [5.41, 5.74) is 5.57. The Labute approximate surface area is 111 Å². The molecule has 2 N–H and O–H groups in total. The molecular weight excluding hydrogens is 250 g/mol. The van der Waals surface area contributed by atoms with Gasteiger partial charge in [-0.25, -0.2) is 12.7 Å². The lowest BCUT2D eigenvalue weighted by atomic mass is 10.1. The standard InChI is InChI=1S/C12H27N3O2S/c1-4-12(10-13)18(16,17)14(3)11-6-8-15(5-2)9-7-11/h11-12H,4-10,13H2,1-3H3. The van der Waals surface area contributed by atoms with Crippen LogP contribution in [0.25, 0.3) is 0 Å². The third kappa shape index (κ3) is 3.44. The van der Waals surface area contributed by atoms with E-state index in [4.69, 9.17) is 5.73 Å². The van der Waals surface area contributed by atoms with Crippen molar-refractivity contribution in [3.05, 3.63) is 0 Å². The second kappa shape index (κ2) is 6.84. The van der Waals surface area contributed by atoms with Crippen LogP contribution in [0.3, 0.4) is 0 Å². The first-order valence-electron chi connectivity index (χ1n) is 6.86. The van der Waals surface area contributed by atoms with Crippen molar-refractivity contribution in [2.75, 3.05) is 33.2 Å². The lowest BCUT2D eigenvalue weighted by Crippen LogP contribution is -2.49. The molecule has 1 atom stereocenters. The van der Waals surface area contributed by atoms with Gasteiger partial charge in [-0.15, -0.1) is 0 Å². The summed E-state index contributed by atoms with van der Waals surface area (Å²) in [5.74, 6) is 0. The van der Waals surface area contributed by atoms with E-state index in [1.807, 2.05) is 6.92 Å². The third-order valence-corrected chi connectivity index (χ3v) is 6.53. The minimum atomic E-state index is -3.24. The highest BCUT2D eigenvalue weighted by Gasteiger charge is 2.33. The fourth-order valence-corrected chi connectivity index (χ4v) is 4.30. The second-order valence-electron chi connectivity index (χ2n) is 4.99. The predicted octanol–water partition coefficient (Wildman–Crippen LogP) is 0.470. The number of likely N-dealkylation sites (tertiary alicyclic amines) is 1. The molecule has 0 radical (unpaired) electrons. The lowest BCUT2D eigenvalue weighted by Gasteiger charge is -2.36. The van der Waals surface area contributed by atoms with Gasteiger partial charge in [0, 0.05) is 19.6 Å². The van der Waals surface area contributed by atoms with E-state index >= 15 is 0 Å². The average Bonchev–Trinajstić information content (AvgIpc) is 2.39. The average molecular weight is 277 g/mol. The maximum Gasteiger partial charge on any atom is 0.218 e. The molecule has 1 aliphatic heterocycles. The fourth-order valence-electron chi connectivity index (χ4n) is 2.54. The Balaban J connectivity index is 2.67. The van der Waals surface area contributed by atoms with Gasteiger partial charge in [0.25, 0.3) is 0 Å². The molecule has 0 aromatic rings. The van der Waals surface area contributed by atoms with Crippen molar-refractivity contribution in [2.45, 2.75) is 44.4 Å². The van der Waals surface area contributed by atoms with Gasteiger partial charge in [0.1, 0.15) is 0 Å². The number of sulfonamides is 1. The van der Waals surface area contributed by atoms with Crippen LogP contribution in [0.1, 0.15) is 33.1 Å². The van der Waals surface area contributed by atoms with Gasteiger partial charge in [0.15, 0.2) is 0 Å². The second-order valence-corrected chi connectivity index (χ2v) is 7.27. The molecule has 1 aliphatic rings. The van der Waals surface area contributed by atoms with E-state index in [2.05, 4.69) is 11.8 Å². The van der Waals surface area contributed by atoms with Crippen LogP contribution < -0.4 is 5.73 Å². The zero-order chi connectivity index (χ0) is 13.8. The zero-order valence-corrected chi connectivity index (χ0v) is 12.6. The number of nitrogens with two attached hydrogens (primary N) is 1. The quantitative estimate of drug-likeness (QED) is 0.766. The SMILES string of the molecule is CCC(CN)S(=O)(=O)N(C)C1CCN(CC)CC1. The summed E-state index contributed by atoms with van der Waals surface area (Å²) in [4.78, 5) is 2.36. The third-order valence-electron chi connectivity index (χ3n) is 4.06. The van der Waals surface area contributed by atoms with Crippen molar-refractivity contribution in [3.63, 3.8) is 0 Å². The highest BCUT2D eigenvalue weighted by atomic mass is 32.2. The van der Waals surface area contributed by atoms with Crippen molar-refractivity contribution >= 4 is 10.0 Å². The normalized spacial score (nSPS) is 21.4. The molecule has 0 aliphatic carbocycles. The van der Waals surface area contributed by atoms with E-state index in [0.29, 0.717) is 6.42 Å². The molecule has 1 saturated heterocycles. The van der Waals surface area contributed by atoms with Crippen LogP contribution in [0.5, 0.6) is 0 Å². The molecule has 0 saturated carbocycles. The largest absolute Gasteiger partial charge is 0.329 e. The molecule has 6 heteroatoms. The maximum absolute atomic E-state index is 12.4. The van der Waals surface area contributed by atoms with Crippen molar-refractivity contribution in [2.24, 2.45) is 5.73 Å². The summed E-state index contributed by atoms with van der Waals surface area (Å²) < 4.78 is 26.3. The highest BCUT2D eigenvalue weighted by Crippen LogP contribution is 2.20. The summed E-state index contributed by atoms with van der Waals surface area (Å²) in [6.07, 6.45) is 2.42. The molecule has 0 aromatic carbocycles. The minimum Gasteiger partial charge on any atom is -0.329 e. The maximum atomic E-state index is 12.4. The van der Waals surface area contributed by atoms with Crippen molar-refractivity contribution < 1.29 is 8.42 Å². The number of nitrogens with zero attached hydrogens (tertiary/aromatic N) is 2. The summed E-state index contributed by atoms with van der Waals surface area (Å²) in [6, 6.07) is 0.137. The molecule has 0 aromatic heterocycles. The van der Waals surface area contributed by atoms with Crippen LogP contribution in [-0.2, 0) is 10.0 Å². The summed E-state index contributed by atoms with van der Waals surface area (Å²) in [5, 5.41) is -0.438. The molecule has 0 amide bonds. The van der Waals surface area contributed by atoms with Crippen LogP contribution in [0.15, 0.2) is 0 Å². The molecule has 1 fully saturated rings. The van der Waals surface area contributed by atoms with Crippen molar-refractivity contribution in [1.29, 1.82) is 0 Å². The first kappa shape index (κ1) is 15.9. The molecule has 108 valence electrons. The Hall–Kier alpha value is -0.170. The van der Waals surface area contributed by atoms with E-state index in [1.165, 1.54) is 0 Å². The van der Waals surface area contributed by atoms with Crippen LogP contribution in [0.4, 0.5) is 0 Å². The molecule has 1 heterocycles. The van der Waals surface area contributed by atoms with E-state index < -0.39 is 15.3 Å². The summed E-state index contributed by atoms with van der Waals surface area (Å²) >= 11 is 0. The Bertz CT molecular complexity index is 333. The lowest BCUT2D eigenvalue weighted by molar-refractivity contribution is 0.176. The Morgan fingerprint density at radius 3 is 2.28 bits per heavy atom. The van der Waals surface area contributed by atoms with Crippen LogP contribution in [-0.4, -0.2) is 62.1 Å². The van der Waals surface area contributed by atoms with Gasteiger partial charge in [0.05, 0.1) is 5.25 Å². The van der Waals surface area contributed by atoms with E-state index in [-0.39, 0.29) is 12.6 Å². The topological polar surface area (TPSA) is 66.6 Å². The van der Waals surface area contributed by atoms with Gasteiger partial charge in [0.2, 0.25) is 10.0 Å². The number of hydrogen-bond acceptors (Lipinski definition) is 4. The zero-order valence-electron chi connectivity index (χ0n) is 11.8. The Morgan fingerprint density at radius 1 is 1.33 bits per heavy atom. The Kier molecular flexibility index (Phi) is 6.04. The van der Waals surface area contributed by atoms with E-state index in [9.17, 15) is 8.42 Å². The van der Waals surface area contributed by atoms with Crippen molar-refractivity contribution in [3.8, 4) is 0 Å². The number of piperidine rings is 1. The molecule has 5 nitrogen and oxygen atoms in total. The molecule has 0 spiro atoms. The summed E-state index contributed by atoms with van der Waals surface area (Å²) in [6.45, 7) is 7.24. The number of hydrogen-bond donors (Lipinski definition) is 1. The van der Waals surface area contributed by atoms with E-state index in [1.54, 1.807) is 11.4 Å². The van der Waals surface area contributed by atoms with Gasteiger partial charge in [-0.3, -0.25) is 0 Å². The molecule has 0 bridgehead atoms. The van der Waals surface area contributed by atoms with Gasteiger partial charge < -0.3 is 10.6 Å². The Morgan fingerprint density at radius 2 is 1.89 bits per heavy atom. The molecule has 18 heavy (non-hydrogen) atoms. The van der Waals surface area contributed by atoms with Gasteiger partial charge in [-0.2, -0.15) is 0 Å². The fraction of sp³-hybridized carbons (Fsp3) is 1.00. The van der Waals surface area contributed by atoms with Crippen molar-refractivity contribution in [1.82, 2.24) is 9.21 Å². The molecule has 1 unspecified atom stereocenters. The van der Waals surface area contributed by atoms with Crippen LogP contribution >= 0.6 is 0 Å².